The molecule has 3 atom stereocenters. The summed E-state index contributed by atoms with van der Waals surface area (Å²) in [5.74, 6) is -2.60. The number of rotatable bonds is 18. The summed E-state index contributed by atoms with van der Waals surface area (Å²) in [6.07, 6.45) is 0.971. The predicted molar refractivity (Wildman–Crippen MR) is 214 cm³/mol. The molecule has 0 aliphatic carbocycles. The van der Waals surface area contributed by atoms with Crippen LogP contribution >= 0.6 is 0 Å². The summed E-state index contributed by atoms with van der Waals surface area (Å²) < 4.78 is 0. The minimum absolute atomic E-state index is 0.0633. The molecule has 4 aromatic rings. The van der Waals surface area contributed by atoms with E-state index in [-0.39, 0.29) is 48.6 Å². The van der Waals surface area contributed by atoms with Crippen LogP contribution in [0, 0.1) is 5.92 Å². The molecule has 4 rings (SSSR count). The second kappa shape index (κ2) is 20.7. The molecule has 0 radical (unpaired) electrons. The number of nitrogens with zero attached hydrogens (tertiary/aromatic N) is 1. The normalized spacial score (nSPS) is 12.4. The molecular formula is C42H50N8O5. The Morgan fingerprint density at radius 3 is 1.91 bits per heavy atom. The monoisotopic (exact) mass is 746 g/mol. The molecule has 0 fully saturated rings. The molecule has 0 heterocycles. The van der Waals surface area contributed by atoms with Gasteiger partial charge in [0.25, 0.3) is 5.91 Å². The number of amides is 5. The Morgan fingerprint density at radius 2 is 1.31 bits per heavy atom. The van der Waals surface area contributed by atoms with E-state index in [0.29, 0.717) is 24.2 Å². The SMILES string of the molecule is CC(=O)N[C@@H](CCCN=C(N)N)C(=O)Nc1ccc(C(=O)N[C@H](C(=O)N[C@@H](Cc2ccccc2)C(=O)NCc2ccccc2)C(C)C)cc1-c1ccccc1. The Labute approximate surface area is 321 Å². The number of hydrogen-bond acceptors (Lipinski definition) is 6. The van der Waals surface area contributed by atoms with E-state index in [1.165, 1.54) is 6.92 Å². The maximum atomic E-state index is 13.9. The fourth-order valence-electron chi connectivity index (χ4n) is 5.88. The van der Waals surface area contributed by atoms with Gasteiger partial charge in [0.1, 0.15) is 18.1 Å². The third kappa shape index (κ3) is 13.1. The second-order valence-electron chi connectivity index (χ2n) is 13.5. The molecular weight excluding hydrogens is 697 g/mol. The number of aliphatic imine (C=N–C) groups is 1. The molecule has 0 saturated carbocycles. The molecule has 0 aliphatic rings. The molecule has 0 aromatic heterocycles. The third-order valence-corrected chi connectivity index (χ3v) is 8.72. The van der Waals surface area contributed by atoms with E-state index in [0.717, 1.165) is 16.7 Å². The Hall–Kier alpha value is -6.50. The van der Waals surface area contributed by atoms with Gasteiger partial charge < -0.3 is 38.1 Å². The zero-order valence-corrected chi connectivity index (χ0v) is 31.4. The highest BCUT2D eigenvalue weighted by atomic mass is 16.2. The zero-order valence-electron chi connectivity index (χ0n) is 31.4. The van der Waals surface area contributed by atoms with E-state index in [9.17, 15) is 24.0 Å². The van der Waals surface area contributed by atoms with Crippen molar-refractivity contribution < 1.29 is 24.0 Å². The summed E-state index contributed by atoms with van der Waals surface area (Å²) >= 11 is 0. The number of benzene rings is 4. The van der Waals surface area contributed by atoms with Crippen LogP contribution in [0.15, 0.2) is 114 Å². The molecule has 0 unspecified atom stereocenters. The predicted octanol–water partition coefficient (Wildman–Crippen LogP) is 3.65. The highest BCUT2D eigenvalue weighted by molar-refractivity contribution is 6.03. The Morgan fingerprint density at radius 1 is 0.691 bits per heavy atom. The third-order valence-electron chi connectivity index (χ3n) is 8.72. The molecule has 9 N–H and O–H groups in total. The van der Waals surface area contributed by atoms with Crippen LogP contribution < -0.4 is 38.1 Å². The first-order valence-electron chi connectivity index (χ1n) is 18.2. The standard InChI is InChI=1S/C42H50N8O5/c1-27(2)37(41(55)49-36(24-29-14-7-4-8-15-29)39(53)46-26-30-16-9-5-10-17-30)50-38(52)32-21-22-34(33(25-32)31-18-11-6-12-19-31)48-40(54)35(47-28(3)51)20-13-23-45-42(43)44/h4-12,14-19,21-22,25,27,35-37H,13,20,23-24,26H2,1-3H3,(H,46,53)(H,47,51)(H,48,54)(H,49,55)(H,50,52)(H4,43,44,45)/t35-,36-,37-/m0/s1. The molecule has 0 aliphatic heterocycles. The number of carbonyl (C=O) groups is 5. The molecule has 0 saturated heterocycles. The van der Waals surface area contributed by atoms with Gasteiger partial charge in [-0.2, -0.15) is 0 Å². The van der Waals surface area contributed by atoms with Gasteiger partial charge in [0.15, 0.2) is 5.96 Å². The topological polar surface area (TPSA) is 210 Å². The Balaban J connectivity index is 1.54. The van der Waals surface area contributed by atoms with Crippen molar-refractivity contribution in [3.8, 4) is 11.1 Å². The first kappa shape index (κ1) is 41.3. The van der Waals surface area contributed by atoms with Crippen molar-refractivity contribution in [3.05, 3.63) is 126 Å². The fourth-order valence-corrected chi connectivity index (χ4v) is 5.88. The minimum atomic E-state index is -0.982. The van der Waals surface area contributed by atoms with Gasteiger partial charge in [-0.1, -0.05) is 105 Å². The maximum Gasteiger partial charge on any atom is 0.251 e. The first-order valence-corrected chi connectivity index (χ1v) is 18.2. The minimum Gasteiger partial charge on any atom is -0.370 e. The molecule has 4 aromatic carbocycles. The lowest BCUT2D eigenvalue weighted by molar-refractivity contribution is -0.130. The van der Waals surface area contributed by atoms with E-state index >= 15 is 0 Å². The van der Waals surface area contributed by atoms with Crippen LogP contribution in [0.2, 0.25) is 0 Å². The summed E-state index contributed by atoms with van der Waals surface area (Å²) in [7, 11) is 0. The van der Waals surface area contributed by atoms with E-state index in [1.807, 2.05) is 105 Å². The number of nitrogens with two attached hydrogens (primary N) is 2. The first-order chi connectivity index (χ1) is 26.4. The molecule has 5 amide bonds. The van der Waals surface area contributed by atoms with Gasteiger partial charge in [0.2, 0.25) is 23.6 Å². The van der Waals surface area contributed by atoms with Crippen LogP contribution in [0.25, 0.3) is 11.1 Å². The molecule has 55 heavy (non-hydrogen) atoms. The number of guanidine groups is 1. The maximum absolute atomic E-state index is 13.9. The van der Waals surface area contributed by atoms with E-state index in [1.54, 1.807) is 18.2 Å². The largest absolute Gasteiger partial charge is 0.370 e. The quantitative estimate of drug-likeness (QED) is 0.0456. The average molecular weight is 747 g/mol. The van der Waals surface area contributed by atoms with Crippen LogP contribution in [-0.4, -0.2) is 60.2 Å². The van der Waals surface area contributed by atoms with Crippen molar-refractivity contribution in [2.75, 3.05) is 11.9 Å². The van der Waals surface area contributed by atoms with Crippen molar-refractivity contribution in [1.29, 1.82) is 0 Å². The Kier molecular flexibility index (Phi) is 15.5. The van der Waals surface area contributed by atoms with E-state index < -0.39 is 35.8 Å². The van der Waals surface area contributed by atoms with Crippen LogP contribution in [-0.2, 0) is 32.1 Å². The fraction of sp³-hybridized carbons (Fsp3) is 0.286. The van der Waals surface area contributed by atoms with Gasteiger partial charge in [0.05, 0.1) is 0 Å². The lowest BCUT2D eigenvalue weighted by Crippen LogP contribution is -2.56. The number of carbonyl (C=O) groups excluding carboxylic acids is 5. The molecule has 0 bridgehead atoms. The van der Waals surface area contributed by atoms with E-state index in [4.69, 9.17) is 11.5 Å². The van der Waals surface area contributed by atoms with Gasteiger partial charge in [-0.05, 0) is 53.6 Å². The van der Waals surface area contributed by atoms with Crippen molar-refractivity contribution in [1.82, 2.24) is 21.3 Å². The van der Waals surface area contributed by atoms with Crippen molar-refractivity contribution in [2.45, 2.75) is 64.7 Å². The molecule has 13 heteroatoms. The lowest BCUT2D eigenvalue weighted by Gasteiger charge is -2.26. The van der Waals surface area contributed by atoms with Gasteiger partial charge in [0, 0.05) is 43.2 Å². The smallest absolute Gasteiger partial charge is 0.251 e. The van der Waals surface area contributed by atoms with Gasteiger partial charge in [-0.25, -0.2) is 0 Å². The van der Waals surface area contributed by atoms with Crippen LogP contribution in [0.4, 0.5) is 5.69 Å². The van der Waals surface area contributed by atoms with Crippen LogP contribution in [0.5, 0.6) is 0 Å². The van der Waals surface area contributed by atoms with Crippen molar-refractivity contribution in [2.24, 2.45) is 22.4 Å². The average Bonchev–Trinajstić information content (AvgIpc) is 3.17. The van der Waals surface area contributed by atoms with Crippen LogP contribution in [0.1, 0.15) is 55.1 Å². The van der Waals surface area contributed by atoms with Gasteiger partial charge >= 0.3 is 0 Å². The molecule has 288 valence electrons. The highest BCUT2D eigenvalue weighted by Gasteiger charge is 2.30. The highest BCUT2D eigenvalue weighted by Crippen LogP contribution is 2.30. The number of nitrogens with one attached hydrogen (secondary N) is 5. The summed E-state index contributed by atoms with van der Waals surface area (Å²) in [6, 6.07) is 30.1. The second-order valence-corrected chi connectivity index (χ2v) is 13.5. The zero-order chi connectivity index (χ0) is 39.7. The van der Waals surface area contributed by atoms with Crippen molar-refractivity contribution >= 4 is 41.2 Å². The summed E-state index contributed by atoms with van der Waals surface area (Å²) in [6.45, 7) is 5.52. The summed E-state index contributed by atoms with van der Waals surface area (Å²) in [4.78, 5) is 70.6. The summed E-state index contributed by atoms with van der Waals surface area (Å²) in [5.41, 5.74) is 14.5. The molecule has 0 spiro atoms. The number of anilines is 1. The summed E-state index contributed by atoms with van der Waals surface area (Å²) in [5, 5.41) is 14.3. The van der Waals surface area contributed by atoms with Gasteiger partial charge in [-0.15, -0.1) is 0 Å². The van der Waals surface area contributed by atoms with Crippen LogP contribution in [0.3, 0.4) is 0 Å². The Bertz CT molecular complexity index is 1930. The number of hydrogen-bond donors (Lipinski definition) is 7. The van der Waals surface area contributed by atoms with Gasteiger partial charge in [-0.3, -0.25) is 29.0 Å². The van der Waals surface area contributed by atoms with Crippen molar-refractivity contribution in [3.63, 3.8) is 0 Å². The molecule has 13 nitrogen and oxygen atoms in total. The van der Waals surface area contributed by atoms with E-state index in [2.05, 4.69) is 31.6 Å². The lowest BCUT2D eigenvalue weighted by atomic mass is 9.98.